The highest BCUT2D eigenvalue weighted by Gasteiger charge is 2.18. The van der Waals surface area contributed by atoms with Crippen molar-refractivity contribution in [3.63, 3.8) is 0 Å². The summed E-state index contributed by atoms with van der Waals surface area (Å²) in [7, 11) is 0. The van der Waals surface area contributed by atoms with Gasteiger partial charge in [-0.2, -0.15) is 0 Å². The summed E-state index contributed by atoms with van der Waals surface area (Å²) >= 11 is 0. The Morgan fingerprint density at radius 3 is 2.25 bits per heavy atom. The fraction of sp³-hybridized carbons (Fsp3) is 0.882. The summed E-state index contributed by atoms with van der Waals surface area (Å²) < 4.78 is 0. The molecule has 0 aromatic rings. The van der Waals surface area contributed by atoms with Gasteiger partial charge in [-0.3, -0.25) is 9.59 Å². The van der Waals surface area contributed by atoms with Crippen molar-refractivity contribution >= 4 is 11.7 Å². The molecule has 0 heterocycles. The molecule has 3 heteroatoms. The lowest BCUT2D eigenvalue weighted by Gasteiger charge is -2.21. The van der Waals surface area contributed by atoms with Crippen LogP contribution in [0.25, 0.3) is 0 Å². The quantitative estimate of drug-likeness (QED) is 0.656. The molecular weight excluding hydrogens is 250 g/mol. The molecule has 20 heavy (non-hydrogen) atoms. The lowest BCUT2D eigenvalue weighted by Crippen LogP contribution is -2.26. The van der Waals surface area contributed by atoms with Crippen LogP contribution in [0.15, 0.2) is 0 Å². The topological polar surface area (TPSA) is 46.2 Å². The van der Waals surface area contributed by atoms with Crippen LogP contribution in [0.3, 0.4) is 0 Å². The summed E-state index contributed by atoms with van der Waals surface area (Å²) in [5.41, 5.74) is 0.323. The predicted molar refractivity (Wildman–Crippen MR) is 84.6 cm³/mol. The number of amides is 1. The van der Waals surface area contributed by atoms with E-state index in [2.05, 4.69) is 26.1 Å². The molecule has 0 rings (SSSR count). The van der Waals surface area contributed by atoms with Crippen LogP contribution < -0.4 is 5.32 Å². The van der Waals surface area contributed by atoms with E-state index in [0.717, 1.165) is 25.7 Å². The van der Waals surface area contributed by atoms with Crippen LogP contribution in [-0.4, -0.2) is 18.2 Å². The Bertz CT molecular complexity index is 272. The SMILES string of the molecule is CCCC(=O)CC(CCCC(C)(C)C)CC(=O)NCC. The zero-order valence-corrected chi connectivity index (χ0v) is 14.1. The fourth-order valence-electron chi connectivity index (χ4n) is 2.43. The van der Waals surface area contributed by atoms with Crippen LogP contribution in [0.5, 0.6) is 0 Å². The molecule has 0 aliphatic heterocycles. The third-order valence-corrected chi connectivity index (χ3v) is 3.43. The maximum atomic E-state index is 11.8. The predicted octanol–water partition coefficient (Wildman–Crippen LogP) is 4.10. The molecule has 0 spiro atoms. The minimum absolute atomic E-state index is 0.0811. The second-order valence-corrected chi connectivity index (χ2v) is 6.97. The molecule has 0 fully saturated rings. The molecule has 0 aromatic carbocycles. The molecular formula is C17H33NO2. The number of hydrogen-bond acceptors (Lipinski definition) is 2. The first-order valence-corrected chi connectivity index (χ1v) is 8.06. The van der Waals surface area contributed by atoms with Crippen molar-refractivity contribution in [1.82, 2.24) is 5.32 Å². The average molecular weight is 283 g/mol. The van der Waals surface area contributed by atoms with Gasteiger partial charge in [-0.15, -0.1) is 0 Å². The Morgan fingerprint density at radius 2 is 1.75 bits per heavy atom. The van der Waals surface area contributed by atoms with E-state index in [1.807, 2.05) is 13.8 Å². The number of rotatable bonds is 10. The van der Waals surface area contributed by atoms with Crippen LogP contribution in [0, 0.1) is 11.3 Å². The third kappa shape index (κ3) is 11.0. The number of carbonyl (C=O) groups excluding carboxylic acids is 2. The van der Waals surface area contributed by atoms with E-state index in [0.29, 0.717) is 37.0 Å². The standard InChI is InChI=1S/C17H33NO2/c1-6-9-15(19)12-14(13-16(20)18-7-2)10-8-11-17(3,4)5/h14H,6-13H2,1-5H3,(H,18,20). The van der Waals surface area contributed by atoms with Gasteiger partial charge in [0.1, 0.15) is 5.78 Å². The second kappa shape index (κ2) is 9.95. The Balaban J connectivity index is 4.30. The van der Waals surface area contributed by atoms with Crippen molar-refractivity contribution in [1.29, 1.82) is 0 Å². The van der Waals surface area contributed by atoms with Gasteiger partial charge in [0.25, 0.3) is 0 Å². The maximum Gasteiger partial charge on any atom is 0.220 e. The summed E-state index contributed by atoms with van der Waals surface area (Å²) in [5, 5.41) is 2.84. The van der Waals surface area contributed by atoms with E-state index in [1.54, 1.807) is 0 Å². The molecule has 0 aromatic heterocycles. The van der Waals surface area contributed by atoms with Gasteiger partial charge in [-0.25, -0.2) is 0 Å². The molecule has 1 amide bonds. The van der Waals surface area contributed by atoms with E-state index >= 15 is 0 Å². The van der Waals surface area contributed by atoms with Crippen LogP contribution in [0.1, 0.15) is 79.6 Å². The average Bonchev–Trinajstić information content (AvgIpc) is 2.27. The van der Waals surface area contributed by atoms with Crippen molar-refractivity contribution in [3.05, 3.63) is 0 Å². The summed E-state index contributed by atoms with van der Waals surface area (Å²) in [6.45, 7) is 11.3. The number of ketones is 1. The summed E-state index contributed by atoms with van der Waals surface area (Å²) in [6, 6.07) is 0. The minimum Gasteiger partial charge on any atom is -0.356 e. The van der Waals surface area contributed by atoms with Gasteiger partial charge in [0.15, 0.2) is 0 Å². The normalized spacial score (nSPS) is 13.1. The highest BCUT2D eigenvalue weighted by Crippen LogP contribution is 2.26. The number of nitrogens with one attached hydrogen (secondary N) is 1. The van der Waals surface area contributed by atoms with Gasteiger partial charge < -0.3 is 5.32 Å². The molecule has 0 bridgehead atoms. The van der Waals surface area contributed by atoms with E-state index in [4.69, 9.17) is 0 Å². The van der Waals surface area contributed by atoms with Crippen LogP contribution in [0.4, 0.5) is 0 Å². The maximum absolute atomic E-state index is 11.8. The van der Waals surface area contributed by atoms with Gasteiger partial charge in [0, 0.05) is 25.8 Å². The van der Waals surface area contributed by atoms with E-state index in [-0.39, 0.29) is 11.8 Å². The van der Waals surface area contributed by atoms with Gasteiger partial charge in [-0.1, -0.05) is 34.1 Å². The minimum atomic E-state index is 0.0811. The second-order valence-electron chi connectivity index (χ2n) is 6.97. The first kappa shape index (κ1) is 19.1. The lowest BCUT2D eigenvalue weighted by molar-refractivity contribution is -0.123. The Labute approximate surface area is 124 Å². The zero-order chi connectivity index (χ0) is 15.6. The van der Waals surface area contributed by atoms with Gasteiger partial charge in [0.2, 0.25) is 5.91 Å². The number of Topliss-reactive ketones (excluding diaryl/α,β-unsaturated/α-hetero) is 1. The molecule has 0 saturated carbocycles. The number of hydrogen-bond donors (Lipinski definition) is 1. The van der Waals surface area contributed by atoms with Crippen molar-refractivity contribution in [2.75, 3.05) is 6.54 Å². The van der Waals surface area contributed by atoms with E-state index < -0.39 is 0 Å². The van der Waals surface area contributed by atoms with E-state index in [9.17, 15) is 9.59 Å². The number of carbonyl (C=O) groups is 2. The van der Waals surface area contributed by atoms with Crippen molar-refractivity contribution in [2.45, 2.75) is 79.6 Å². The van der Waals surface area contributed by atoms with Gasteiger partial charge >= 0.3 is 0 Å². The molecule has 1 unspecified atom stereocenters. The van der Waals surface area contributed by atoms with Crippen molar-refractivity contribution in [2.24, 2.45) is 11.3 Å². The highest BCUT2D eigenvalue weighted by atomic mass is 16.1. The van der Waals surface area contributed by atoms with E-state index in [1.165, 1.54) is 0 Å². The molecule has 3 nitrogen and oxygen atoms in total. The molecule has 0 aliphatic carbocycles. The Kier molecular flexibility index (Phi) is 9.52. The summed E-state index contributed by atoms with van der Waals surface area (Å²) in [6.07, 6.45) is 5.81. The summed E-state index contributed by atoms with van der Waals surface area (Å²) in [4.78, 5) is 23.6. The van der Waals surface area contributed by atoms with Gasteiger partial charge in [0.05, 0.1) is 0 Å². The highest BCUT2D eigenvalue weighted by molar-refractivity contribution is 5.80. The smallest absolute Gasteiger partial charge is 0.220 e. The monoisotopic (exact) mass is 283 g/mol. The zero-order valence-electron chi connectivity index (χ0n) is 14.1. The lowest BCUT2D eigenvalue weighted by atomic mass is 9.85. The molecule has 118 valence electrons. The third-order valence-electron chi connectivity index (χ3n) is 3.43. The molecule has 1 N–H and O–H groups in total. The molecule has 0 radical (unpaired) electrons. The van der Waals surface area contributed by atoms with Gasteiger partial charge in [-0.05, 0) is 37.5 Å². The van der Waals surface area contributed by atoms with Crippen LogP contribution in [-0.2, 0) is 9.59 Å². The van der Waals surface area contributed by atoms with Crippen molar-refractivity contribution < 1.29 is 9.59 Å². The van der Waals surface area contributed by atoms with Crippen molar-refractivity contribution in [3.8, 4) is 0 Å². The molecule has 0 aliphatic rings. The Hall–Kier alpha value is -0.860. The summed E-state index contributed by atoms with van der Waals surface area (Å²) in [5.74, 6) is 0.595. The first-order valence-electron chi connectivity index (χ1n) is 8.06. The fourth-order valence-corrected chi connectivity index (χ4v) is 2.43. The van der Waals surface area contributed by atoms with Crippen LogP contribution >= 0.6 is 0 Å². The molecule has 1 atom stereocenters. The first-order chi connectivity index (χ1) is 9.28. The largest absolute Gasteiger partial charge is 0.356 e. The molecule has 0 saturated heterocycles. The van der Waals surface area contributed by atoms with Crippen LogP contribution in [0.2, 0.25) is 0 Å². The Morgan fingerprint density at radius 1 is 1.10 bits per heavy atom.